The van der Waals surface area contributed by atoms with E-state index in [0.717, 1.165) is 11.0 Å². The molecule has 1 amide bonds. The van der Waals surface area contributed by atoms with Gasteiger partial charge in [0.1, 0.15) is 12.4 Å². The van der Waals surface area contributed by atoms with Gasteiger partial charge >= 0.3 is 0 Å². The maximum absolute atomic E-state index is 11.0. The summed E-state index contributed by atoms with van der Waals surface area (Å²) in [5.74, 6) is 0.392. The van der Waals surface area contributed by atoms with Crippen LogP contribution >= 0.6 is 23.2 Å². The van der Waals surface area contributed by atoms with Gasteiger partial charge in [-0.3, -0.25) is 4.79 Å². The van der Waals surface area contributed by atoms with E-state index < -0.39 is 5.91 Å². The number of fused-ring (bicyclic) bond motifs is 1. The fourth-order valence-corrected chi connectivity index (χ4v) is 1.95. The van der Waals surface area contributed by atoms with Gasteiger partial charge in [-0.2, -0.15) is 0 Å². The van der Waals surface area contributed by atoms with E-state index in [1.165, 1.54) is 0 Å². The standard InChI is InChI=1S/C10H9Cl2N3O/c11-4-10-14-7-2-1-6(12)3-8(7)15(10)5-9(13)16/h1-3H,4-5H2,(H2,13,16). The zero-order valence-electron chi connectivity index (χ0n) is 8.28. The third kappa shape index (κ3) is 1.99. The molecule has 0 bridgehead atoms. The molecule has 6 heteroatoms. The molecule has 1 aromatic carbocycles. The molecule has 0 unspecified atom stereocenters. The Balaban J connectivity index is 2.65. The van der Waals surface area contributed by atoms with Crippen molar-refractivity contribution in [2.75, 3.05) is 0 Å². The second kappa shape index (κ2) is 4.31. The fourth-order valence-electron chi connectivity index (χ4n) is 1.58. The molecule has 2 aromatic rings. The quantitative estimate of drug-likeness (QED) is 0.855. The Bertz CT molecular complexity index is 550. The van der Waals surface area contributed by atoms with Gasteiger partial charge in [0.05, 0.1) is 16.9 Å². The van der Waals surface area contributed by atoms with Gasteiger partial charge in [-0.25, -0.2) is 4.98 Å². The van der Waals surface area contributed by atoms with Crippen LogP contribution < -0.4 is 5.73 Å². The van der Waals surface area contributed by atoms with Gasteiger partial charge in [0.25, 0.3) is 0 Å². The van der Waals surface area contributed by atoms with E-state index in [9.17, 15) is 4.79 Å². The Morgan fingerprint density at radius 3 is 2.88 bits per heavy atom. The summed E-state index contributed by atoms with van der Waals surface area (Å²) in [5, 5.41) is 0.583. The smallest absolute Gasteiger partial charge is 0.237 e. The third-order valence-electron chi connectivity index (χ3n) is 2.22. The lowest BCUT2D eigenvalue weighted by atomic mass is 10.3. The molecule has 2 N–H and O–H groups in total. The van der Waals surface area contributed by atoms with Crippen molar-refractivity contribution in [3.63, 3.8) is 0 Å². The van der Waals surface area contributed by atoms with Crippen molar-refractivity contribution in [2.45, 2.75) is 12.4 Å². The second-order valence-corrected chi connectivity index (χ2v) is 4.05. The lowest BCUT2D eigenvalue weighted by Gasteiger charge is -2.04. The Morgan fingerprint density at radius 2 is 2.25 bits per heavy atom. The van der Waals surface area contributed by atoms with Crippen molar-refractivity contribution in [1.29, 1.82) is 0 Å². The van der Waals surface area contributed by atoms with Crippen LogP contribution in [0.5, 0.6) is 0 Å². The minimum Gasteiger partial charge on any atom is -0.368 e. The average Bonchev–Trinajstić information content (AvgIpc) is 2.56. The highest BCUT2D eigenvalue weighted by atomic mass is 35.5. The van der Waals surface area contributed by atoms with Crippen molar-refractivity contribution < 1.29 is 4.79 Å². The first-order valence-electron chi connectivity index (χ1n) is 4.60. The number of halogens is 2. The molecule has 0 saturated heterocycles. The van der Waals surface area contributed by atoms with Gasteiger partial charge in [0, 0.05) is 5.02 Å². The molecule has 16 heavy (non-hydrogen) atoms. The van der Waals surface area contributed by atoms with Crippen LogP contribution in [0.1, 0.15) is 5.82 Å². The monoisotopic (exact) mass is 257 g/mol. The minimum atomic E-state index is -0.439. The molecule has 84 valence electrons. The molecule has 0 fully saturated rings. The minimum absolute atomic E-state index is 0.0545. The number of carbonyl (C=O) groups excluding carboxylic acids is 1. The zero-order chi connectivity index (χ0) is 11.7. The predicted octanol–water partition coefficient (Wildman–Crippen LogP) is 1.91. The number of imidazole rings is 1. The first kappa shape index (κ1) is 11.2. The molecule has 2 rings (SSSR count). The molecule has 0 radical (unpaired) electrons. The molecule has 0 aliphatic carbocycles. The number of amides is 1. The maximum atomic E-state index is 11.0. The SMILES string of the molecule is NC(=O)Cn1c(CCl)nc2ccc(Cl)cc21. The Labute approximate surface area is 102 Å². The summed E-state index contributed by atoms with van der Waals surface area (Å²) < 4.78 is 1.68. The molecule has 1 heterocycles. The summed E-state index contributed by atoms with van der Waals surface area (Å²) in [4.78, 5) is 15.3. The number of primary amides is 1. The van der Waals surface area contributed by atoms with Crippen LogP contribution in [0.4, 0.5) is 0 Å². The molecule has 0 aliphatic heterocycles. The largest absolute Gasteiger partial charge is 0.368 e. The van der Waals surface area contributed by atoms with Crippen molar-refractivity contribution in [1.82, 2.24) is 9.55 Å². The normalized spacial score (nSPS) is 10.9. The second-order valence-electron chi connectivity index (χ2n) is 3.35. The van der Waals surface area contributed by atoms with Gasteiger partial charge < -0.3 is 10.3 Å². The Kier molecular flexibility index (Phi) is 3.03. The molecular weight excluding hydrogens is 249 g/mol. The van der Waals surface area contributed by atoms with Crippen molar-refractivity contribution in [2.24, 2.45) is 5.73 Å². The zero-order valence-corrected chi connectivity index (χ0v) is 9.79. The van der Waals surface area contributed by atoms with Crippen LogP contribution in [0.15, 0.2) is 18.2 Å². The van der Waals surface area contributed by atoms with Gasteiger partial charge in [0.15, 0.2) is 0 Å². The lowest BCUT2D eigenvalue weighted by Crippen LogP contribution is -2.19. The fraction of sp³-hybridized carbons (Fsp3) is 0.200. The van der Waals surface area contributed by atoms with Crippen LogP contribution in [-0.4, -0.2) is 15.5 Å². The number of aromatic nitrogens is 2. The summed E-state index contributed by atoms with van der Waals surface area (Å²) in [5.41, 5.74) is 6.69. The Hall–Kier alpha value is -1.26. The van der Waals surface area contributed by atoms with Crippen molar-refractivity contribution >= 4 is 40.1 Å². The van der Waals surface area contributed by atoms with Crippen molar-refractivity contribution in [3.8, 4) is 0 Å². The van der Waals surface area contributed by atoms with E-state index in [0.29, 0.717) is 10.8 Å². The van der Waals surface area contributed by atoms with Gasteiger partial charge in [-0.1, -0.05) is 11.6 Å². The van der Waals surface area contributed by atoms with Crippen LogP contribution in [-0.2, 0) is 17.2 Å². The summed E-state index contributed by atoms with van der Waals surface area (Å²) in [7, 11) is 0. The number of hydrogen-bond acceptors (Lipinski definition) is 2. The highest BCUT2D eigenvalue weighted by molar-refractivity contribution is 6.31. The predicted molar refractivity (Wildman–Crippen MR) is 63.5 cm³/mol. The first-order chi connectivity index (χ1) is 7.61. The lowest BCUT2D eigenvalue weighted by molar-refractivity contribution is -0.118. The average molecular weight is 258 g/mol. The van der Waals surface area contributed by atoms with Crippen LogP contribution in [0.25, 0.3) is 11.0 Å². The number of alkyl halides is 1. The number of rotatable bonds is 3. The summed E-state index contributed by atoms with van der Waals surface area (Å²) in [6.45, 7) is 0.0545. The van der Waals surface area contributed by atoms with Gasteiger partial charge in [0.2, 0.25) is 5.91 Å². The molecule has 0 spiro atoms. The van der Waals surface area contributed by atoms with E-state index in [1.54, 1.807) is 22.8 Å². The molecule has 1 aromatic heterocycles. The van der Waals surface area contributed by atoms with Crippen molar-refractivity contribution in [3.05, 3.63) is 29.0 Å². The number of nitrogens with zero attached hydrogens (tertiary/aromatic N) is 2. The van der Waals surface area contributed by atoms with E-state index >= 15 is 0 Å². The first-order valence-corrected chi connectivity index (χ1v) is 5.52. The van der Waals surface area contributed by atoms with Crippen LogP contribution in [0.2, 0.25) is 5.02 Å². The third-order valence-corrected chi connectivity index (χ3v) is 2.70. The number of nitrogens with two attached hydrogens (primary N) is 1. The molecular formula is C10H9Cl2N3O. The molecule has 0 atom stereocenters. The highest BCUT2D eigenvalue weighted by Gasteiger charge is 2.11. The maximum Gasteiger partial charge on any atom is 0.237 e. The topological polar surface area (TPSA) is 60.9 Å². The molecule has 4 nitrogen and oxygen atoms in total. The number of hydrogen-bond donors (Lipinski definition) is 1. The summed E-state index contributed by atoms with van der Waals surface area (Å²) in [6.07, 6.45) is 0. The van der Waals surface area contributed by atoms with Crippen LogP contribution in [0.3, 0.4) is 0 Å². The number of carbonyl (C=O) groups is 1. The van der Waals surface area contributed by atoms with E-state index in [4.69, 9.17) is 28.9 Å². The van der Waals surface area contributed by atoms with E-state index in [-0.39, 0.29) is 12.4 Å². The van der Waals surface area contributed by atoms with E-state index in [1.807, 2.05) is 0 Å². The molecule has 0 saturated carbocycles. The van der Waals surface area contributed by atoms with Gasteiger partial charge in [-0.05, 0) is 18.2 Å². The Morgan fingerprint density at radius 1 is 1.50 bits per heavy atom. The van der Waals surface area contributed by atoms with Gasteiger partial charge in [-0.15, -0.1) is 11.6 Å². The summed E-state index contributed by atoms with van der Waals surface area (Å²) >= 11 is 11.6. The van der Waals surface area contributed by atoms with Crippen LogP contribution in [0, 0.1) is 0 Å². The molecule has 0 aliphatic rings. The van der Waals surface area contributed by atoms with E-state index in [2.05, 4.69) is 4.98 Å². The highest BCUT2D eigenvalue weighted by Crippen LogP contribution is 2.21. The number of benzene rings is 1. The summed E-state index contributed by atoms with van der Waals surface area (Å²) in [6, 6.07) is 5.26.